The van der Waals surface area contributed by atoms with Crippen LogP contribution in [-0.4, -0.2) is 20.6 Å². The Kier molecular flexibility index (Phi) is 3.84. The van der Waals surface area contributed by atoms with Crippen LogP contribution in [0.1, 0.15) is 44.1 Å². The van der Waals surface area contributed by atoms with Gasteiger partial charge in [0.2, 0.25) is 0 Å². The smallest absolute Gasteiger partial charge is 0.293 e. The molecule has 0 unspecified atom stereocenters. The van der Waals surface area contributed by atoms with Gasteiger partial charge in [0.05, 0.1) is 17.2 Å². The van der Waals surface area contributed by atoms with E-state index in [0.717, 1.165) is 26.8 Å². The van der Waals surface area contributed by atoms with Crippen LogP contribution in [0.4, 0.5) is 5.82 Å². The molecular weight excluding hydrogens is 378 g/mol. The van der Waals surface area contributed by atoms with Gasteiger partial charge in [-0.25, -0.2) is 9.79 Å². The quantitative estimate of drug-likeness (QED) is 0.632. The molecule has 0 N–H and O–H groups in total. The molecule has 150 valence electrons. The van der Waals surface area contributed by atoms with E-state index < -0.39 is 23.1 Å². The van der Waals surface area contributed by atoms with Gasteiger partial charge in [-0.2, -0.15) is 0 Å². The minimum absolute atomic E-state index is 0.0307. The molecule has 6 heteroatoms. The maximum absolute atomic E-state index is 13.5. The Labute approximate surface area is 173 Å². The molecule has 2 aromatic carbocycles. The number of aliphatic imine (C=N–C) groups is 1. The lowest BCUT2D eigenvalue weighted by molar-refractivity contribution is 0.0953. The SMILES string of the molecule is Cc1ccc(C)c([C@@H]2c3c(n(C)c(=O)n(C)c3=O)N=C3c4ccccc4C(=O)[C@@H]32)c1. The van der Waals surface area contributed by atoms with Crippen molar-refractivity contribution in [2.75, 3.05) is 0 Å². The second-order valence-corrected chi connectivity index (χ2v) is 8.17. The molecule has 3 aromatic rings. The third-order valence-corrected chi connectivity index (χ3v) is 6.35. The van der Waals surface area contributed by atoms with Crippen LogP contribution < -0.4 is 11.2 Å². The van der Waals surface area contributed by atoms with Gasteiger partial charge in [-0.15, -0.1) is 0 Å². The molecule has 30 heavy (non-hydrogen) atoms. The van der Waals surface area contributed by atoms with Crippen LogP contribution in [0.2, 0.25) is 0 Å². The van der Waals surface area contributed by atoms with Crippen LogP contribution in [0.3, 0.4) is 0 Å². The molecule has 0 amide bonds. The van der Waals surface area contributed by atoms with Crippen molar-refractivity contribution in [2.24, 2.45) is 25.0 Å². The number of aryl methyl sites for hydroxylation is 2. The second-order valence-electron chi connectivity index (χ2n) is 8.17. The monoisotopic (exact) mass is 399 g/mol. The molecule has 0 saturated heterocycles. The van der Waals surface area contributed by atoms with Gasteiger partial charge < -0.3 is 0 Å². The maximum atomic E-state index is 13.5. The lowest BCUT2D eigenvalue weighted by Gasteiger charge is -2.31. The molecule has 0 bridgehead atoms. The van der Waals surface area contributed by atoms with E-state index in [1.165, 1.54) is 11.6 Å². The van der Waals surface area contributed by atoms with Crippen molar-refractivity contribution in [3.8, 4) is 0 Å². The molecule has 0 saturated carbocycles. The zero-order chi connectivity index (χ0) is 21.3. The van der Waals surface area contributed by atoms with Crippen LogP contribution in [0.15, 0.2) is 57.0 Å². The summed E-state index contributed by atoms with van der Waals surface area (Å²) in [7, 11) is 3.09. The topological polar surface area (TPSA) is 73.4 Å². The molecule has 0 fully saturated rings. The predicted octanol–water partition coefficient (Wildman–Crippen LogP) is 2.78. The van der Waals surface area contributed by atoms with Gasteiger partial charge >= 0.3 is 5.69 Å². The van der Waals surface area contributed by atoms with E-state index in [4.69, 9.17) is 4.99 Å². The zero-order valence-electron chi connectivity index (χ0n) is 17.3. The molecule has 1 aromatic heterocycles. The number of carbonyl (C=O) groups is 1. The number of hydrogen-bond acceptors (Lipinski definition) is 4. The average molecular weight is 399 g/mol. The van der Waals surface area contributed by atoms with Gasteiger partial charge in [0.1, 0.15) is 5.82 Å². The van der Waals surface area contributed by atoms with Gasteiger partial charge in [0, 0.05) is 31.1 Å². The van der Waals surface area contributed by atoms with E-state index in [9.17, 15) is 14.4 Å². The summed E-state index contributed by atoms with van der Waals surface area (Å²) < 4.78 is 2.51. The molecule has 1 aliphatic heterocycles. The fourth-order valence-electron chi connectivity index (χ4n) is 4.80. The van der Waals surface area contributed by atoms with E-state index in [-0.39, 0.29) is 5.78 Å². The first-order valence-corrected chi connectivity index (χ1v) is 9.90. The number of nitrogens with zero attached hydrogens (tertiary/aromatic N) is 3. The van der Waals surface area contributed by atoms with Crippen molar-refractivity contribution in [3.63, 3.8) is 0 Å². The second kappa shape index (κ2) is 6.23. The Morgan fingerprint density at radius 2 is 1.57 bits per heavy atom. The van der Waals surface area contributed by atoms with Crippen LogP contribution in [0.5, 0.6) is 0 Å². The van der Waals surface area contributed by atoms with E-state index in [2.05, 4.69) is 0 Å². The summed E-state index contributed by atoms with van der Waals surface area (Å²) in [5, 5.41) is 0. The van der Waals surface area contributed by atoms with Crippen LogP contribution in [0.25, 0.3) is 0 Å². The molecular formula is C24H21N3O3. The highest BCUT2D eigenvalue weighted by Gasteiger charge is 2.48. The van der Waals surface area contributed by atoms with Crippen molar-refractivity contribution in [2.45, 2.75) is 19.8 Å². The van der Waals surface area contributed by atoms with Crippen molar-refractivity contribution >= 4 is 17.3 Å². The van der Waals surface area contributed by atoms with Crippen LogP contribution in [-0.2, 0) is 14.1 Å². The minimum atomic E-state index is -0.583. The number of carbonyl (C=O) groups excluding carboxylic acids is 1. The summed E-state index contributed by atoms with van der Waals surface area (Å²) >= 11 is 0. The maximum Gasteiger partial charge on any atom is 0.332 e. The standard InChI is InChI=1S/C24H21N3O3/c1-12-9-10-13(2)16(11-12)17-18-20(14-7-5-6-8-15(14)21(18)28)25-22-19(17)23(29)27(4)24(30)26(22)3/h5-11,17-18H,1-4H3/t17-,18+/m0/s1. The highest BCUT2D eigenvalue weighted by atomic mass is 16.2. The number of hydrogen-bond donors (Lipinski definition) is 0. The van der Waals surface area contributed by atoms with Gasteiger partial charge in [0.25, 0.3) is 5.56 Å². The fourth-order valence-corrected chi connectivity index (χ4v) is 4.80. The highest BCUT2D eigenvalue weighted by molar-refractivity contribution is 6.30. The third-order valence-electron chi connectivity index (χ3n) is 6.35. The first-order valence-electron chi connectivity index (χ1n) is 9.90. The summed E-state index contributed by atoms with van der Waals surface area (Å²) in [5.74, 6) is -0.778. The largest absolute Gasteiger partial charge is 0.332 e. The normalized spacial score (nSPS) is 19.2. The molecule has 0 radical (unpaired) electrons. The van der Waals surface area contributed by atoms with Crippen LogP contribution >= 0.6 is 0 Å². The Morgan fingerprint density at radius 1 is 0.867 bits per heavy atom. The van der Waals surface area contributed by atoms with Crippen molar-refractivity contribution in [1.29, 1.82) is 0 Å². The number of benzene rings is 2. The lowest BCUT2D eigenvalue weighted by atomic mass is 9.75. The summed E-state index contributed by atoms with van der Waals surface area (Å²) in [6.45, 7) is 3.98. The number of fused-ring (bicyclic) bond motifs is 4. The van der Waals surface area contributed by atoms with E-state index in [0.29, 0.717) is 22.7 Å². The van der Waals surface area contributed by atoms with Gasteiger partial charge in [-0.1, -0.05) is 48.0 Å². The summed E-state index contributed by atoms with van der Waals surface area (Å²) in [5.41, 5.74) is 4.58. The van der Waals surface area contributed by atoms with Gasteiger partial charge in [0.15, 0.2) is 5.78 Å². The molecule has 6 nitrogen and oxygen atoms in total. The van der Waals surface area contributed by atoms with Crippen LogP contribution in [0, 0.1) is 19.8 Å². The number of ketones is 1. The number of rotatable bonds is 1. The molecule has 1 aliphatic carbocycles. The average Bonchev–Trinajstić information content (AvgIpc) is 3.03. The van der Waals surface area contributed by atoms with Gasteiger partial charge in [-0.05, 0) is 25.0 Å². The number of aromatic nitrogens is 2. The number of Topliss-reactive ketones (excluding diaryl/α,β-unsaturated/α-hetero) is 1. The van der Waals surface area contributed by atoms with Crippen molar-refractivity contribution in [3.05, 3.63) is 96.7 Å². The summed E-state index contributed by atoms with van der Waals surface area (Å²) in [4.78, 5) is 44.2. The summed E-state index contributed by atoms with van der Waals surface area (Å²) in [6, 6.07) is 13.5. The Morgan fingerprint density at radius 3 is 2.30 bits per heavy atom. The molecule has 0 spiro atoms. The Hall–Kier alpha value is -3.54. The van der Waals surface area contributed by atoms with Crippen molar-refractivity contribution in [1.82, 2.24) is 9.13 Å². The van der Waals surface area contributed by atoms with E-state index in [1.54, 1.807) is 13.1 Å². The predicted molar refractivity (Wildman–Crippen MR) is 115 cm³/mol. The van der Waals surface area contributed by atoms with Crippen molar-refractivity contribution < 1.29 is 4.79 Å². The lowest BCUT2D eigenvalue weighted by Crippen LogP contribution is -2.43. The van der Waals surface area contributed by atoms with E-state index >= 15 is 0 Å². The molecule has 5 rings (SSSR count). The summed E-state index contributed by atoms with van der Waals surface area (Å²) in [6.07, 6.45) is 0. The first kappa shape index (κ1) is 18.5. The Bertz CT molecular complexity index is 1410. The zero-order valence-corrected chi connectivity index (χ0v) is 17.3. The third kappa shape index (κ3) is 2.30. The molecule has 2 heterocycles. The Balaban J connectivity index is 1.94. The fraction of sp³-hybridized carbons (Fsp3) is 0.250. The molecule has 2 aliphatic rings. The van der Waals surface area contributed by atoms with E-state index in [1.807, 2.05) is 50.2 Å². The highest BCUT2D eigenvalue weighted by Crippen LogP contribution is 2.47. The first-order chi connectivity index (χ1) is 14.3. The van der Waals surface area contributed by atoms with Gasteiger partial charge in [-0.3, -0.25) is 18.7 Å². The molecule has 2 atom stereocenters. The minimum Gasteiger partial charge on any atom is -0.293 e.